The third kappa shape index (κ3) is 20.4. The van der Waals surface area contributed by atoms with E-state index < -0.39 is 211 Å². The fourth-order valence-electron chi connectivity index (χ4n) is 17.5. The minimum absolute atomic E-state index is 0.00480. The van der Waals surface area contributed by atoms with Crippen LogP contribution in [-0.2, 0) is 67.0 Å². The lowest BCUT2D eigenvalue weighted by Crippen LogP contribution is -2.68. The van der Waals surface area contributed by atoms with Gasteiger partial charge in [0.05, 0.1) is 31.6 Å². The van der Waals surface area contributed by atoms with E-state index in [9.17, 15) is 36.3 Å². The van der Waals surface area contributed by atoms with Crippen molar-refractivity contribution < 1.29 is 89.0 Å². The van der Waals surface area contributed by atoms with Crippen LogP contribution in [0.15, 0.2) is 12.2 Å². The standard InChI is InChI=1S/C77H121F5N12O14/c1-14-38-108-46-59-66(98)84-64(48(4)15-2)72(104)93(52-27-28-52)45-63(97)87(8)55-24-17-16-20-37-92(71(55)103)58(40-50-31-35-76(78,79)36-32-50)69(101)86(7)44-61(95)83-54(30-26-49-25-29-53(77(80,81)82)60(41-49)107-13)67(99)94-43-47(3)39-57(94)70(102)91(12)75(33-21-34-75)74(106)90(11)65(51-22-18-19-23-51)73(105)89(10)56(68(100)85(5)6)42-62(96)88(59)9/h16-17,47-60,64-65H,14-15,18-46H2,1-13H3,(H,83,95)(H,84,98)/b17-16-/t47-,48-,49?,53?,54-,55-,56-,57-,58-,59-,60?,64-,65-/m0/s1. The average Bonchev–Trinajstić information content (AvgIpc) is 0.916. The lowest BCUT2D eigenvalue weighted by molar-refractivity contribution is -0.215. The molecule has 608 valence electrons. The monoisotopic (exact) mass is 1530 g/mol. The average molecular weight is 1530 g/mol. The molecule has 0 aromatic heterocycles. The fraction of sp³-hybridized carbons (Fsp3) is 0.818. The molecular formula is C77H121F5N12O14. The van der Waals surface area contributed by atoms with Crippen molar-refractivity contribution in [3.05, 3.63) is 12.2 Å². The Morgan fingerprint density at radius 1 is 0.676 bits per heavy atom. The number of carbonyl (C=O) groups is 12. The van der Waals surface area contributed by atoms with E-state index >= 15 is 43.2 Å². The van der Waals surface area contributed by atoms with E-state index in [0.29, 0.717) is 57.8 Å². The molecule has 0 aromatic rings. The van der Waals surface area contributed by atoms with Crippen molar-refractivity contribution in [2.45, 2.75) is 266 Å². The number of amides is 12. The molecule has 8 aliphatic rings. The van der Waals surface area contributed by atoms with Gasteiger partial charge in [-0.15, -0.1) is 0 Å². The zero-order valence-corrected chi connectivity index (χ0v) is 65.9. The molecule has 3 heterocycles. The Bertz CT molecular complexity index is 3250. The Morgan fingerprint density at radius 2 is 1.34 bits per heavy atom. The van der Waals surface area contributed by atoms with E-state index in [0.717, 1.165) is 9.80 Å². The minimum Gasteiger partial charge on any atom is -0.381 e. The van der Waals surface area contributed by atoms with Crippen molar-refractivity contribution in [2.75, 3.05) is 103 Å². The van der Waals surface area contributed by atoms with E-state index in [1.165, 1.54) is 103 Å². The summed E-state index contributed by atoms with van der Waals surface area (Å²) >= 11 is 0. The molecule has 3 aliphatic heterocycles. The van der Waals surface area contributed by atoms with Crippen LogP contribution in [0.4, 0.5) is 22.0 Å². The number of alkyl halides is 5. The molecule has 8 rings (SSSR count). The molecule has 3 unspecified atom stereocenters. The second kappa shape index (κ2) is 37.3. The van der Waals surface area contributed by atoms with Gasteiger partial charge in [0.25, 0.3) is 0 Å². The first-order valence-corrected chi connectivity index (χ1v) is 39.4. The van der Waals surface area contributed by atoms with Crippen LogP contribution in [0.25, 0.3) is 0 Å². The zero-order valence-electron chi connectivity index (χ0n) is 65.9. The third-order valence-electron chi connectivity index (χ3n) is 24.9. The summed E-state index contributed by atoms with van der Waals surface area (Å²) in [6.07, 6.45) is 1.49. The van der Waals surface area contributed by atoms with Crippen LogP contribution in [0.3, 0.4) is 0 Å². The Labute approximate surface area is 633 Å². The number of ether oxygens (including phenoxy) is 2. The highest BCUT2D eigenvalue weighted by molar-refractivity contribution is 6.01. The lowest BCUT2D eigenvalue weighted by Gasteiger charge is -2.51. The molecule has 0 aromatic carbocycles. The third-order valence-corrected chi connectivity index (χ3v) is 24.9. The highest BCUT2D eigenvalue weighted by Crippen LogP contribution is 2.45. The van der Waals surface area contributed by atoms with Crippen molar-refractivity contribution in [2.24, 2.45) is 35.5 Å². The quantitative estimate of drug-likeness (QED) is 0.108. The largest absolute Gasteiger partial charge is 0.394 e. The predicted octanol–water partition coefficient (Wildman–Crippen LogP) is 6.02. The van der Waals surface area contributed by atoms with E-state index in [1.54, 1.807) is 19.1 Å². The molecule has 13 atom stereocenters. The summed E-state index contributed by atoms with van der Waals surface area (Å²) in [4.78, 5) is 196. The van der Waals surface area contributed by atoms with Crippen LogP contribution in [-0.4, -0.2) is 301 Å². The summed E-state index contributed by atoms with van der Waals surface area (Å²) in [6, 6.07) is -11.1. The van der Waals surface area contributed by atoms with Crippen molar-refractivity contribution in [1.82, 2.24) is 59.6 Å². The van der Waals surface area contributed by atoms with Gasteiger partial charge in [-0.2, -0.15) is 13.2 Å². The predicted molar refractivity (Wildman–Crippen MR) is 389 cm³/mol. The molecule has 12 amide bonds. The molecule has 2 bridgehead atoms. The summed E-state index contributed by atoms with van der Waals surface area (Å²) in [5, 5.41) is 5.75. The molecule has 5 aliphatic carbocycles. The highest BCUT2D eigenvalue weighted by Gasteiger charge is 2.57. The Hall–Kier alpha value is -7.05. The molecule has 7 fully saturated rings. The number of fused-ring (bicyclic) bond motifs is 3. The van der Waals surface area contributed by atoms with E-state index in [2.05, 4.69) is 10.6 Å². The number of halogens is 5. The number of hydrogen-bond acceptors (Lipinski definition) is 14. The SMILES string of the molecule is CCCOC[C@H]1C(=O)N[C@@H]([C@@H](C)CC)C(=O)N(C2CC2)CC(=O)N(C)[C@H]2C/C=C\CCN(C2=O)[C@@H](CC2CCC(F)(F)CC2)C(=O)N(C)CC(=O)N[C@@H](CCC2CCC(C(F)(F)F)C(OC)C2)C(=O)N2C[C@@H](C)C[C@H]2C(=O)N(C)C2(CCC2)C(=O)N(C)[C@@H](C2CCCC2)C(=O)N(C)[C@H](C(=O)N(C)C)CC(=O)N1C. The first-order valence-electron chi connectivity index (χ1n) is 39.4. The molecule has 108 heavy (non-hydrogen) atoms. The zero-order chi connectivity index (χ0) is 79.6. The fourth-order valence-corrected chi connectivity index (χ4v) is 17.5. The number of hydrogen-bond donors (Lipinski definition) is 2. The summed E-state index contributed by atoms with van der Waals surface area (Å²) in [7, 11) is 12.6. The van der Waals surface area contributed by atoms with Gasteiger partial charge in [-0.25, -0.2) is 8.78 Å². The van der Waals surface area contributed by atoms with Gasteiger partial charge in [-0.3, -0.25) is 57.5 Å². The smallest absolute Gasteiger partial charge is 0.381 e. The Morgan fingerprint density at radius 3 is 1.94 bits per heavy atom. The van der Waals surface area contributed by atoms with Crippen molar-refractivity contribution in [3.8, 4) is 0 Å². The molecule has 0 radical (unpaired) electrons. The number of rotatable bonds is 15. The van der Waals surface area contributed by atoms with Crippen molar-refractivity contribution in [3.63, 3.8) is 0 Å². The van der Waals surface area contributed by atoms with Gasteiger partial charge in [0.1, 0.15) is 60.4 Å². The van der Waals surface area contributed by atoms with Gasteiger partial charge < -0.3 is 69.1 Å². The van der Waals surface area contributed by atoms with Gasteiger partial charge >= 0.3 is 6.18 Å². The van der Waals surface area contributed by atoms with Crippen LogP contribution in [0.2, 0.25) is 0 Å². The second-order valence-corrected chi connectivity index (χ2v) is 32.7. The summed E-state index contributed by atoms with van der Waals surface area (Å²) in [5.74, 6) is -15.2. The highest BCUT2D eigenvalue weighted by atomic mass is 19.4. The van der Waals surface area contributed by atoms with Crippen molar-refractivity contribution in [1.29, 1.82) is 0 Å². The van der Waals surface area contributed by atoms with Crippen LogP contribution in [0.5, 0.6) is 0 Å². The maximum absolute atomic E-state index is 15.7. The van der Waals surface area contributed by atoms with Crippen LogP contribution >= 0.6 is 0 Å². The normalized spacial score (nSPS) is 31.2. The van der Waals surface area contributed by atoms with Gasteiger partial charge in [0, 0.05) is 102 Å². The Balaban J connectivity index is 1.21. The number of carbonyl (C=O) groups excluding carboxylic acids is 12. The van der Waals surface area contributed by atoms with Crippen molar-refractivity contribution >= 4 is 70.9 Å². The van der Waals surface area contributed by atoms with E-state index in [1.807, 2.05) is 20.8 Å². The van der Waals surface area contributed by atoms with Crippen LogP contribution in [0.1, 0.15) is 188 Å². The number of likely N-dealkylation sites (N-methyl/N-ethyl adjacent to an activating group) is 7. The molecular weight excluding hydrogens is 1410 g/mol. The first kappa shape index (κ1) is 86.5. The molecule has 1 spiro atoms. The van der Waals surface area contributed by atoms with Crippen LogP contribution < -0.4 is 10.6 Å². The van der Waals surface area contributed by atoms with E-state index in [4.69, 9.17) is 9.47 Å². The summed E-state index contributed by atoms with van der Waals surface area (Å²) in [5.41, 5.74) is -1.54. The number of methoxy groups -OCH3 is 1. The summed E-state index contributed by atoms with van der Waals surface area (Å²) in [6.45, 7) is 5.76. The maximum atomic E-state index is 15.7. The van der Waals surface area contributed by atoms with Gasteiger partial charge in [-0.05, 0) is 152 Å². The van der Waals surface area contributed by atoms with Gasteiger partial charge in [-0.1, -0.05) is 59.1 Å². The minimum atomic E-state index is -4.54. The van der Waals surface area contributed by atoms with Gasteiger partial charge in [0.2, 0.25) is 76.8 Å². The second-order valence-electron chi connectivity index (χ2n) is 32.7. The lowest BCUT2D eigenvalue weighted by atomic mass is 9.73. The van der Waals surface area contributed by atoms with E-state index in [-0.39, 0.29) is 116 Å². The summed E-state index contributed by atoms with van der Waals surface area (Å²) < 4.78 is 84.0. The molecule has 5 saturated carbocycles. The molecule has 26 nitrogen and oxygen atoms in total. The topological polar surface area (TPSA) is 280 Å². The molecule has 2 saturated heterocycles. The Kier molecular flexibility index (Phi) is 29.9. The molecule has 2 N–H and O–H groups in total. The first-order chi connectivity index (χ1) is 50.9. The maximum Gasteiger partial charge on any atom is 0.394 e. The molecule has 31 heteroatoms. The van der Waals surface area contributed by atoms with Gasteiger partial charge in [0.15, 0.2) is 0 Å². The number of nitrogens with zero attached hydrogens (tertiary/aromatic N) is 10. The van der Waals surface area contributed by atoms with Crippen LogP contribution in [0, 0.1) is 35.5 Å². The number of nitrogens with one attached hydrogen (secondary N) is 2.